The molecule has 38 heteroatoms. The molecule has 6 amide bonds. The molecule has 8 heterocycles. The third-order valence-electron chi connectivity index (χ3n) is 28.4. The number of nitrogens with zero attached hydrogens (tertiary/aromatic N) is 18. The molecule has 148 heavy (non-hydrogen) atoms. The number of rotatable bonds is 26. The minimum atomic E-state index is -3.15. The van der Waals surface area contributed by atoms with Gasteiger partial charge in [-0.3, -0.25) is 28.8 Å². The molecule has 4 saturated heterocycles. The van der Waals surface area contributed by atoms with E-state index >= 15 is 0 Å². The van der Waals surface area contributed by atoms with Crippen molar-refractivity contribution in [2.24, 2.45) is 0 Å². The lowest BCUT2D eigenvalue weighted by atomic mass is 9.80. The first kappa shape index (κ1) is 104. The average molecular weight is 2040 g/mol. The van der Waals surface area contributed by atoms with Gasteiger partial charge in [0.15, 0.2) is 0 Å². The molecule has 12 aromatic rings. The van der Waals surface area contributed by atoms with E-state index in [1.807, 2.05) is 116 Å². The summed E-state index contributed by atoms with van der Waals surface area (Å²) < 4.78 is 91.6. The maximum Gasteiger partial charge on any atom is 0.258 e. The molecule has 4 aliphatic heterocycles. The highest BCUT2D eigenvalue weighted by atomic mass is 32.2. The van der Waals surface area contributed by atoms with Gasteiger partial charge < -0.3 is 66.4 Å². The summed E-state index contributed by atoms with van der Waals surface area (Å²) in [5.74, 6) is 4.85. The monoisotopic (exact) mass is 2040 g/mol. The number of amides is 6. The third-order valence-corrected chi connectivity index (χ3v) is 30.2. The predicted octanol–water partition coefficient (Wildman–Crippen LogP) is 14.2. The average Bonchev–Trinajstić information content (AvgIpc) is 1.60. The number of benzene rings is 8. The second-order valence-electron chi connectivity index (χ2n) is 40.8. The lowest BCUT2D eigenvalue weighted by Gasteiger charge is -2.25. The lowest BCUT2D eigenvalue weighted by molar-refractivity contribution is -0.136. The third kappa shape index (κ3) is 21.7. The van der Waals surface area contributed by atoms with Gasteiger partial charge in [0.05, 0.1) is 71.3 Å². The number of sulfone groups is 2. The van der Waals surface area contributed by atoms with Crippen LogP contribution in [0.1, 0.15) is 174 Å². The van der Waals surface area contributed by atoms with Crippen LogP contribution in [0.15, 0.2) is 164 Å². The minimum Gasteiger partial charge on any atom is -0.490 e. The number of nitriles is 4. The molecular weight excluding hydrogens is 1930 g/mol. The largest absolute Gasteiger partial charge is 0.490 e. The zero-order chi connectivity index (χ0) is 105. The number of ether oxygens (including phenoxy) is 4. The Kier molecular flexibility index (Phi) is 29.4. The van der Waals surface area contributed by atoms with Crippen LogP contribution in [0, 0.1) is 45.3 Å². The van der Waals surface area contributed by atoms with Gasteiger partial charge >= 0.3 is 0 Å². The number of aromatic nitrogens is 8. The number of likely N-dealkylation sites (tertiary alicyclic amines) is 4. The van der Waals surface area contributed by atoms with Gasteiger partial charge in [-0.15, -0.1) is 0 Å². The van der Waals surface area contributed by atoms with Crippen molar-refractivity contribution in [2.75, 3.05) is 105 Å². The Hall–Kier alpha value is -15.8. The number of hydrogen-bond acceptors (Lipinski definition) is 30. The molecule has 0 bridgehead atoms. The number of fused-ring (bicyclic) bond motifs is 8. The fourth-order valence-electron chi connectivity index (χ4n) is 21.4. The zero-order valence-electron chi connectivity index (χ0n) is 84.9. The first-order valence-corrected chi connectivity index (χ1v) is 53.3. The van der Waals surface area contributed by atoms with Crippen molar-refractivity contribution in [3.63, 3.8) is 0 Å². The Labute approximate surface area is 857 Å². The van der Waals surface area contributed by atoms with Crippen LogP contribution in [0.2, 0.25) is 0 Å². The van der Waals surface area contributed by atoms with Gasteiger partial charge in [0, 0.05) is 172 Å². The molecule has 8 aliphatic rings. The molecule has 0 saturated carbocycles. The molecule has 4 fully saturated rings. The van der Waals surface area contributed by atoms with E-state index in [2.05, 4.69) is 77.0 Å². The quantitative estimate of drug-likeness (QED) is 0.0486. The van der Waals surface area contributed by atoms with E-state index < -0.39 is 19.7 Å². The maximum atomic E-state index is 12.8. The van der Waals surface area contributed by atoms with Crippen LogP contribution in [0.3, 0.4) is 0 Å². The van der Waals surface area contributed by atoms with Crippen LogP contribution >= 0.6 is 0 Å². The van der Waals surface area contributed by atoms with Crippen LogP contribution in [-0.2, 0) is 95.8 Å². The molecule has 36 nitrogen and oxygen atoms in total. The van der Waals surface area contributed by atoms with Crippen LogP contribution < -0.4 is 18.9 Å². The van der Waals surface area contributed by atoms with Crippen molar-refractivity contribution in [2.45, 2.75) is 179 Å². The topological polar surface area (TPSA) is 478 Å². The predicted molar refractivity (Wildman–Crippen MR) is 544 cm³/mol. The van der Waals surface area contributed by atoms with E-state index in [1.54, 1.807) is 121 Å². The van der Waals surface area contributed by atoms with E-state index in [1.165, 1.54) is 22.3 Å². The maximum absolute atomic E-state index is 12.8. The molecule has 0 N–H and O–H groups in total. The Morgan fingerprint density at radius 2 is 0.595 bits per heavy atom. The summed E-state index contributed by atoms with van der Waals surface area (Å²) in [6, 6.07) is 53.4. The van der Waals surface area contributed by atoms with Gasteiger partial charge in [-0.05, 0) is 224 Å². The van der Waals surface area contributed by atoms with Gasteiger partial charge in [0.25, 0.3) is 23.6 Å². The number of hydrogen-bond donors (Lipinski definition) is 0. The van der Waals surface area contributed by atoms with Gasteiger partial charge in [-0.2, -0.15) is 41.0 Å². The molecular formula is C110H114N18O18S2. The highest BCUT2D eigenvalue weighted by Crippen LogP contribution is 2.54. The molecule has 4 aliphatic carbocycles. The molecule has 4 aromatic heterocycles. The summed E-state index contributed by atoms with van der Waals surface area (Å²) in [6.07, 6.45) is 10.0. The Balaban J connectivity index is 0.000000135. The Morgan fingerprint density at radius 1 is 0.365 bits per heavy atom. The first-order valence-electron chi connectivity index (χ1n) is 49.2. The normalized spacial score (nSPS) is 18.7. The van der Waals surface area contributed by atoms with Gasteiger partial charge in [0.2, 0.25) is 58.7 Å². The van der Waals surface area contributed by atoms with Crippen molar-refractivity contribution in [3.05, 3.63) is 212 Å². The second kappa shape index (κ2) is 42.0. The Bertz CT molecular complexity index is 7220. The fraction of sp³-hybridized carbons (Fsp3) is 0.400. The smallest absolute Gasteiger partial charge is 0.258 e. The van der Waals surface area contributed by atoms with E-state index in [-0.39, 0.29) is 119 Å². The first-order chi connectivity index (χ1) is 70.6. The molecule has 764 valence electrons. The van der Waals surface area contributed by atoms with E-state index in [4.69, 9.17) is 37.0 Å². The number of likely N-dealkylation sites (N-methyl/N-ethyl adjacent to an activating group) is 2. The van der Waals surface area contributed by atoms with E-state index in [0.29, 0.717) is 166 Å². The summed E-state index contributed by atoms with van der Waals surface area (Å²) in [5, 5.41) is 55.2. The SMILES string of the molecule is CC(C)Oc1ccc(-c2nc(-c3cccc4c3CC[C@@]43CC(=O)N(CC(=O)N(C)C)C3)no2)cc1C#N.CC(C)Oc1ccc(-c2nc(-c3cccc4c3CC[C@@]43CC(=O)N(CCS(C)(=O)=O)C3)no2)cc1C#N.CC(C)Oc1ccc(-c2nc(-c3cccc4c3CC[C@]43CC(=O)N(CC(=O)N(C)C)C3)no2)cc1C#N.CC(C)Oc1ccc(-c2nc(-c3cccc4c3CC[C@]43CC(=O)N(CCS(C)(=O)=O)C3)no2)cc1C#N. The molecule has 0 unspecified atom stereocenters. The van der Waals surface area contributed by atoms with Crippen LogP contribution in [0.25, 0.3) is 91.4 Å². The summed E-state index contributed by atoms with van der Waals surface area (Å²) >= 11 is 0. The van der Waals surface area contributed by atoms with Crippen LogP contribution in [0.4, 0.5) is 0 Å². The zero-order valence-corrected chi connectivity index (χ0v) is 86.6. The van der Waals surface area contributed by atoms with Crippen molar-refractivity contribution < 1.29 is 82.6 Å². The van der Waals surface area contributed by atoms with Crippen molar-refractivity contribution in [1.82, 2.24) is 70.0 Å². The number of carbonyl (C=O) groups excluding carboxylic acids is 6. The summed E-state index contributed by atoms with van der Waals surface area (Å²) in [7, 11) is 0.489. The highest BCUT2D eigenvalue weighted by Gasteiger charge is 2.54. The standard InChI is InChI=1S/2C28H29N5O4.2C27H28N4O5S/c2*1-17(2)36-23-9-8-18(12-19(23)14-29)27-30-26(31-37-27)21-6-5-7-22-20(21)10-11-28(22)13-24(34)33(16-28)15-25(35)32(3)4;2*1-17(2)35-23-8-7-18(13-19(23)15-28)26-29-25(30-36-26)21-5-4-6-22-20(21)9-10-27(22)14-24(32)31(16-27)11-12-37(3,33)34/h2*5-9,12,17H,10-11,13,15-16H2,1-4H3;2*4-8,13,17H,9-12,14,16H2,1-3H3/t2*28-;2*27-/m1010/s1. The Morgan fingerprint density at radius 3 is 0.811 bits per heavy atom. The molecule has 4 atom stereocenters. The lowest BCUT2D eigenvalue weighted by Crippen LogP contribution is -2.38. The van der Waals surface area contributed by atoms with Crippen molar-refractivity contribution >= 4 is 55.1 Å². The molecule has 4 spiro atoms. The fourth-order valence-corrected chi connectivity index (χ4v) is 22.5. The highest BCUT2D eigenvalue weighted by molar-refractivity contribution is 7.90. The minimum absolute atomic E-state index is 0.00786. The summed E-state index contributed by atoms with van der Waals surface area (Å²) in [4.78, 5) is 104. The van der Waals surface area contributed by atoms with Crippen LogP contribution in [0.5, 0.6) is 23.0 Å². The molecule has 8 aromatic carbocycles. The van der Waals surface area contributed by atoms with Crippen molar-refractivity contribution in [3.8, 4) is 139 Å². The van der Waals surface area contributed by atoms with Crippen LogP contribution in [-0.4, -0.2) is 251 Å². The number of carbonyl (C=O) groups is 6. The summed E-state index contributed by atoms with van der Waals surface area (Å²) in [5.41, 5.74) is 15.1. The van der Waals surface area contributed by atoms with E-state index in [0.717, 1.165) is 118 Å². The molecule has 20 rings (SSSR count). The van der Waals surface area contributed by atoms with Crippen molar-refractivity contribution in [1.29, 1.82) is 21.0 Å². The van der Waals surface area contributed by atoms with Gasteiger partial charge in [-0.1, -0.05) is 93.4 Å². The molecule has 0 radical (unpaired) electrons. The van der Waals surface area contributed by atoms with Gasteiger partial charge in [0.1, 0.15) is 66.9 Å². The van der Waals surface area contributed by atoms with Gasteiger partial charge in [-0.25, -0.2) is 16.8 Å². The van der Waals surface area contributed by atoms with E-state index in [9.17, 15) is 66.7 Å². The second-order valence-corrected chi connectivity index (χ2v) is 45.3. The summed E-state index contributed by atoms with van der Waals surface area (Å²) in [6.45, 7) is 17.9.